The van der Waals surface area contributed by atoms with Crippen molar-refractivity contribution in [3.8, 4) is 0 Å². The second-order valence-corrected chi connectivity index (χ2v) is 4.85. The second-order valence-electron chi connectivity index (χ2n) is 4.85. The summed E-state index contributed by atoms with van der Waals surface area (Å²) in [4.78, 5) is 28.8. The largest absolute Gasteiger partial charge is 0.453 e. The number of likely N-dealkylation sites (tertiary alicyclic amines) is 1. The molecule has 2 heterocycles. The lowest BCUT2D eigenvalue weighted by Gasteiger charge is -2.30. The van der Waals surface area contributed by atoms with Crippen molar-refractivity contribution in [3.05, 3.63) is 30.1 Å². The fourth-order valence-electron chi connectivity index (χ4n) is 2.28. The van der Waals surface area contributed by atoms with Gasteiger partial charge < -0.3 is 15.0 Å². The van der Waals surface area contributed by atoms with E-state index in [4.69, 9.17) is 4.74 Å². The maximum Gasteiger partial charge on any atom is 0.409 e. The van der Waals surface area contributed by atoms with E-state index in [0.717, 1.165) is 12.8 Å². The van der Waals surface area contributed by atoms with Gasteiger partial charge in [-0.25, -0.2) is 4.79 Å². The van der Waals surface area contributed by atoms with Gasteiger partial charge in [0.15, 0.2) is 0 Å². The lowest BCUT2D eigenvalue weighted by atomic mass is 9.97. The van der Waals surface area contributed by atoms with E-state index >= 15 is 0 Å². The van der Waals surface area contributed by atoms with Gasteiger partial charge in [0.05, 0.1) is 12.7 Å². The van der Waals surface area contributed by atoms with Crippen molar-refractivity contribution in [2.75, 3.05) is 26.7 Å². The molecular formula is C14H19N3O3. The smallest absolute Gasteiger partial charge is 0.409 e. The van der Waals surface area contributed by atoms with E-state index in [1.807, 2.05) is 0 Å². The van der Waals surface area contributed by atoms with Gasteiger partial charge in [-0.1, -0.05) is 0 Å². The van der Waals surface area contributed by atoms with Crippen molar-refractivity contribution in [1.82, 2.24) is 15.2 Å². The number of ether oxygens (including phenoxy) is 1. The molecule has 1 aliphatic heterocycles. The van der Waals surface area contributed by atoms with Crippen LogP contribution in [0.4, 0.5) is 4.79 Å². The van der Waals surface area contributed by atoms with E-state index in [1.165, 1.54) is 7.11 Å². The van der Waals surface area contributed by atoms with Crippen LogP contribution in [0.3, 0.4) is 0 Å². The Morgan fingerprint density at radius 2 is 2.20 bits per heavy atom. The summed E-state index contributed by atoms with van der Waals surface area (Å²) in [6.07, 6.45) is 4.67. The Hall–Kier alpha value is -2.11. The van der Waals surface area contributed by atoms with Crippen LogP contribution in [0.15, 0.2) is 24.5 Å². The third-order valence-corrected chi connectivity index (χ3v) is 3.52. The topological polar surface area (TPSA) is 71.5 Å². The standard InChI is InChI=1S/C14H19N3O3/c1-20-14(19)17-7-4-11(5-8-17)9-16-13(18)12-3-2-6-15-10-12/h2-3,6,10-11H,4-5,7-9H2,1H3,(H,16,18). The first-order valence-corrected chi connectivity index (χ1v) is 6.72. The fourth-order valence-corrected chi connectivity index (χ4v) is 2.28. The molecule has 1 saturated heterocycles. The van der Waals surface area contributed by atoms with Crippen LogP contribution < -0.4 is 5.32 Å². The van der Waals surface area contributed by atoms with Crippen LogP contribution in [0.1, 0.15) is 23.2 Å². The summed E-state index contributed by atoms with van der Waals surface area (Å²) in [7, 11) is 1.39. The number of nitrogens with zero attached hydrogens (tertiary/aromatic N) is 2. The Balaban J connectivity index is 1.74. The molecule has 20 heavy (non-hydrogen) atoms. The molecule has 1 fully saturated rings. The quantitative estimate of drug-likeness (QED) is 0.903. The van der Waals surface area contributed by atoms with Gasteiger partial charge in [-0.05, 0) is 30.9 Å². The number of piperidine rings is 1. The molecule has 1 aromatic rings. The lowest BCUT2D eigenvalue weighted by Crippen LogP contribution is -2.41. The highest BCUT2D eigenvalue weighted by Gasteiger charge is 2.23. The molecule has 2 amide bonds. The highest BCUT2D eigenvalue weighted by Crippen LogP contribution is 2.17. The van der Waals surface area contributed by atoms with E-state index in [1.54, 1.807) is 29.4 Å². The van der Waals surface area contributed by atoms with Crippen LogP contribution in [0.2, 0.25) is 0 Å². The van der Waals surface area contributed by atoms with Gasteiger partial charge >= 0.3 is 6.09 Å². The van der Waals surface area contributed by atoms with Crippen molar-refractivity contribution >= 4 is 12.0 Å². The maximum atomic E-state index is 11.9. The highest BCUT2D eigenvalue weighted by molar-refractivity contribution is 5.93. The lowest BCUT2D eigenvalue weighted by molar-refractivity contribution is 0.0914. The minimum absolute atomic E-state index is 0.103. The van der Waals surface area contributed by atoms with Crippen molar-refractivity contribution in [2.24, 2.45) is 5.92 Å². The fraction of sp³-hybridized carbons (Fsp3) is 0.500. The van der Waals surface area contributed by atoms with Gasteiger partial charge in [0, 0.05) is 32.0 Å². The minimum atomic E-state index is -0.275. The molecule has 0 aromatic carbocycles. The zero-order chi connectivity index (χ0) is 14.4. The Morgan fingerprint density at radius 1 is 1.45 bits per heavy atom. The van der Waals surface area contributed by atoms with Gasteiger partial charge in [0.1, 0.15) is 0 Å². The molecule has 2 rings (SSSR count). The zero-order valence-corrected chi connectivity index (χ0v) is 11.5. The molecule has 6 nitrogen and oxygen atoms in total. The van der Waals surface area contributed by atoms with Gasteiger partial charge in [0.25, 0.3) is 5.91 Å². The van der Waals surface area contributed by atoms with Crippen molar-refractivity contribution in [2.45, 2.75) is 12.8 Å². The molecule has 0 unspecified atom stereocenters. The number of pyridine rings is 1. The molecule has 0 spiro atoms. The first-order valence-electron chi connectivity index (χ1n) is 6.72. The van der Waals surface area contributed by atoms with Gasteiger partial charge in [-0.3, -0.25) is 9.78 Å². The minimum Gasteiger partial charge on any atom is -0.453 e. The average Bonchev–Trinajstić information content (AvgIpc) is 2.53. The molecule has 1 N–H and O–H groups in total. The predicted octanol–water partition coefficient (Wildman–Crippen LogP) is 1.29. The number of rotatable bonds is 3. The van der Waals surface area contributed by atoms with Crippen LogP contribution in [-0.4, -0.2) is 48.6 Å². The molecule has 0 aliphatic carbocycles. The first kappa shape index (κ1) is 14.3. The summed E-state index contributed by atoms with van der Waals surface area (Å²) < 4.78 is 4.69. The van der Waals surface area contributed by atoms with Crippen LogP contribution in [0.5, 0.6) is 0 Å². The number of carbonyl (C=O) groups is 2. The van der Waals surface area contributed by atoms with Crippen molar-refractivity contribution in [3.63, 3.8) is 0 Å². The summed E-state index contributed by atoms with van der Waals surface area (Å²) in [5.41, 5.74) is 0.569. The molecule has 0 radical (unpaired) electrons. The summed E-state index contributed by atoms with van der Waals surface area (Å²) >= 11 is 0. The molecule has 108 valence electrons. The Labute approximate surface area is 118 Å². The normalized spacial score (nSPS) is 15.8. The number of carbonyl (C=O) groups excluding carboxylic acids is 2. The summed E-state index contributed by atoms with van der Waals surface area (Å²) in [6, 6.07) is 3.48. The number of amides is 2. The number of hydrogen-bond donors (Lipinski definition) is 1. The monoisotopic (exact) mass is 277 g/mol. The summed E-state index contributed by atoms with van der Waals surface area (Å²) in [6.45, 7) is 1.99. The van der Waals surface area contributed by atoms with Crippen LogP contribution >= 0.6 is 0 Å². The van der Waals surface area contributed by atoms with Gasteiger partial charge in [-0.2, -0.15) is 0 Å². The van der Waals surface area contributed by atoms with Crippen LogP contribution in [-0.2, 0) is 4.74 Å². The van der Waals surface area contributed by atoms with Crippen LogP contribution in [0.25, 0.3) is 0 Å². The SMILES string of the molecule is COC(=O)N1CCC(CNC(=O)c2cccnc2)CC1. The second kappa shape index (κ2) is 6.88. The van der Waals surface area contributed by atoms with E-state index < -0.39 is 0 Å². The maximum absolute atomic E-state index is 11.9. The number of hydrogen-bond acceptors (Lipinski definition) is 4. The van der Waals surface area contributed by atoms with E-state index in [-0.39, 0.29) is 12.0 Å². The Morgan fingerprint density at radius 3 is 2.80 bits per heavy atom. The Bertz CT molecular complexity index is 456. The molecule has 1 aromatic heterocycles. The molecule has 0 bridgehead atoms. The first-order chi connectivity index (χ1) is 9.70. The number of methoxy groups -OCH3 is 1. The zero-order valence-electron chi connectivity index (χ0n) is 11.5. The molecule has 0 saturated carbocycles. The van der Waals surface area contributed by atoms with Gasteiger partial charge in [0.2, 0.25) is 0 Å². The molecule has 1 aliphatic rings. The molecule has 6 heteroatoms. The summed E-state index contributed by atoms with van der Waals surface area (Å²) in [5, 5.41) is 2.91. The van der Waals surface area contributed by atoms with Crippen molar-refractivity contribution < 1.29 is 14.3 Å². The van der Waals surface area contributed by atoms with Crippen LogP contribution in [0, 0.1) is 5.92 Å². The number of nitrogens with one attached hydrogen (secondary N) is 1. The third kappa shape index (κ3) is 3.69. The van der Waals surface area contributed by atoms with Crippen molar-refractivity contribution in [1.29, 1.82) is 0 Å². The van der Waals surface area contributed by atoms with E-state index in [9.17, 15) is 9.59 Å². The van der Waals surface area contributed by atoms with Gasteiger partial charge in [-0.15, -0.1) is 0 Å². The highest BCUT2D eigenvalue weighted by atomic mass is 16.5. The van der Waals surface area contributed by atoms with E-state index in [2.05, 4.69) is 10.3 Å². The van der Waals surface area contributed by atoms with E-state index in [0.29, 0.717) is 31.1 Å². The third-order valence-electron chi connectivity index (χ3n) is 3.52. The molecule has 0 atom stereocenters. The molecular weight excluding hydrogens is 258 g/mol. The summed E-state index contributed by atoms with van der Waals surface area (Å²) in [5.74, 6) is 0.296. The average molecular weight is 277 g/mol. The number of aromatic nitrogens is 1. The predicted molar refractivity (Wildman–Crippen MR) is 73.3 cm³/mol. The Kier molecular flexibility index (Phi) is 4.92.